The van der Waals surface area contributed by atoms with Crippen molar-refractivity contribution in [2.24, 2.45) is 0 Å². The third-order valence-corrected chi connectivity index (χ3v) is 4.33. The molecular formula is C18H17N. The van der Waals surface area contributed by atoms with Crippen LogP contribution in [0, 0.1) is 0 Å². The van der Waals surface area contributed by atoms with E-state index in [-0.39, 0.29) is 0 Å². The van der Waals surface area contributed by atoms with E-state index in [2.05, 4.69) is 59.9 Å². The topological polar surface area (TPSA) is 12.0 Å². The predicted molar refractivity (Wildman–Crippen MR) is 79.1 cm³/mol. The smallest absolute Gasteiger partial charge is 0.0189 e. The molecule has 1 aliphatic carbocycles. The first-order valence-corrected chi connectivity index (χ1v) is 7.03. The molecule has 1 heteroatoms. The van der Waals surface area contributed by atoms with Crippen molar-refractivity contribution >= 4 is 5.57 Å². The molecule has 0 spiro atoms. The zero-order chi connectivity index (χ0) is 12.7. The van der Waals surface area contributed by atoms with Crippen LogP contribution >= 0.6 is 0 Å². The standard InChI is InChI=1S/C18H17N/c1-2-6-13(7-3-1)18-15-9-5-4-8-14(15)17-12-19-11-10-16(17)18/h1-9,17,19H,10-12H2. The van der Waals surface area contributed by atoms with Gasteiger partial charge in [-0.05, 0) is 35.2 Å². The average Bonchev–Trinajstić information content (AvgIpc) is 2.83. The molecule has 19 heavy (non-hydrogen) atoms. The van der Waals surface area contributed by atoms with Gasteiger partial charge in [-0.1, -0.05) is 60.2 Å². The van der Waals surface area contributed by atoms with Gasteiger partial charge in [-0.25, -0.2) is 0 Å². The van der Waals surface area contributed by atoms with Gasteiger partial charge in [-0.15, -0.1) is 0 Å². The zero-order valence-corrected chi connectivity index (χ0v) is 10.9. The molecule has 4 rings (SSSR count). The maximum atomic E-state index is 3.53. The van der Waals surface area contributed by atoms with Gasteiger partial charge in [-0.3, -0.25) is 0 Å². The van der Waals surface area contributed by atoms with E-state index >= 15 is 0 Å². The summed E-state index contributed by atoms with van der Waals surface area (Å²) in [5.41, 5.74) is 7.43. The molecule has 0 radical (unpaired) electrons. The minimum absolute atomic E-state index is 0.583. The highest BCUT2D eigenvalue weighted by atomic mass is 14.9. The van der Waals surface area contributed by atoms with Gasteiger partial charge in [0, 0.05) is 12.5 Å². The summed E-state index contributed by atoms with van der Waals surface area (Å²) >= 11 is 0. The van der Waals surface area contributed by atoms with E-state index in [0.717, 1.165) is 13.1 Å². The van der Waals surface area contributed by atoms with Crippen molar-refractivity contribution in [3.63, 3.8) is 0 Å². The van der Waals surface area contributed by atoms with Crippen LogP contribution in [0.2, 0.25) is 0 Å². The van der Waals surface area contributed by atoms with Crippen LogP contribution in [0.1, 0.15) is 29.0 Å². The van der Waals surface area contributed by atoms with Crippen LogP contribution in [0.3, 0.4) is 0 Å². The summed E-state index contributed by atoms with van der Waals surface area (Å²) in [4.78, 5) is 0. The summed E-state index contributed by atoms with van der Waals surface area (Å²) in [7, 11) is 0. The largest absolute Gasteiger partial charge is 0.315 e. The summed E-state index contributed by atoms with van der Waals surface area (Å²) in [6.07, 6.45) is 1.17. The van der Waals surface area contributed by atoms with E-state index in [9.17, 15) is 0 Å². The van der Waals surface area contributed by atoms with Gasteiger partial charge in [0.2, 0.25) is 0 Å². The van der Waals surface area contributed by atoms with Crippen molar-refractivity contribution in [2.45, 2.75) is 12.3 Å². The van der Waals surface area contributed by atoms with Crippen molar-refractivity contribution in [2.75, 3.05) is 13.1 Å². The van der Waals surface area contributed by atoms with Gasteiger partial charge in [0.1, 0.15) is 0 Å². The average molecular weight is 247 g/mol. The molecule has 2 aromatic carbocycles. The molecule has 1 aliphatic heterocycles. The fraction of sp³-hybridized carbons (Fsp3) is 0.222. The molecule has 1 unspecified atom stereocenters. The Balaban J connectivity index is 1.95. The number of fused-ring (bicyclic) bond motifs is 3. The van der Waals surface area contributed by atoms with Gasteiger partial charge in [-0.2, -0.15) is 0 Å². The van der Waals surface area contributed by atoms with Crippen molar-refractivity contribution < 1.29 is 0 Å². The number of nitrogens with one attached hydrogen (secondary N) is 1. The Hall–Kier alpha value is -1.86. The van der Waals surface area contributed by atoms with E-state index in [1.54, 1.807) is 5.57 Å². The fourth-order valence-corrected chi connectivity index (χ4v) is 3.51. The van der Waals surface area contributed by atoms with E-state index in [1.807, 2.05) is 0 Å². The first kappa shape index (κ1) is 11.0. The van der Waals surface area contributed by atoms with Gasteiger partial charge in [0.05, 0.1) is 0 Å². The lowest BCUT2D eigenvalue weighted by atomic mass is 9.90. The highest BCUT2D eigenvalue weighted by molar-refractivity contribution is 5.88. The minimum Gasteiger partial charge on any atom is -0.315 e. The highest BCUT2D eigenvalue weighted by Gasteiger charge is 2.32. The van der Waals surface area contributed by atoms with Crippen molar-refractivity contribution in [3.8, 4) is 0 Å². The summed E-state index contributed by atoms with van der Waals surface area (Å²) < 4.78 is 0. The third-order valence-electron chi connectivity index (χ3n) is 4.33. The van der Waals surface area contributed by atoms with Crippen LogP contribution < -0.4 is 5.32 Å². The molecular weight excluding hydrogens is 230 g/mol. The summed E-state index contributed by atoms with van der Waals surface area (Å²) in [6.45, 7) is 2.19. The molecule has 1 N–H and O–H groups in total. The molecule has 1 saturated heterocycles. The maximum Gasteiger partial charge on any atom is 0.0189 e. The zero-order valence-electron chi connectivity index (χ0n) is 10.9. The first-order valence-electron chi connectivity index (χ1n) is 7.03. The third kappa shape index (κ3) is 1.66. The molecule has 1 fully saturated rings. The molecule has 94 valence electrons. The summed E-state index contributed by atoms with van der Waals surface area (Å²) in [6, 6.07) is 19.8. The lowest BCUT2D eigenvalue weighted by Gasteiger charge is -2.23. The molecule has 2 aliphatic rings. The highest BCUT2D eigenvalue weighted by Crippen LogP contribution is 2.46. The Morgan fingerprint density at radius 3 is 2.58 bits per heavy atom. The normalized spacial score (nSPS) is 21.2. The van der Waals surface area contributed by atoms with E-state index in [0.29, 0.717) is 5.92 Å². The molecule has 1 atom stereocenters. The minimum atomic E-state index is 0.583. The summed E-state index contributed by atoms with van der Waals surface area (Å²) in [5, 5.41) is 3.53. The number of piperidine rings is 1. The second-order valence-corrected chi connectivity index (χ2v) is 5.36. The molecule has 0 bridgehead atoms. The van der Waals surface area contributed by atoms with Gasteiger partial charge in [0.25, 0.3) is 0 Å². The number of rotatable bonds is 1. The molecule has 0 aromatic heterocycles. The predicted octanol–water partition coefficient (Wildman–Crippen LogP) is 3.58. The molecule has 1 nitrogen and oxygen atoms in total. The van der Waals surface area contributed by atoms with E-state index < -0.39 is 0 Å². The van der Waals surface area contributed by atoms with Crippen molar-refractivity contribution in [3.05, 3.63) is 76.9 Å². The molecule has 2 aromatic rings. The lowest BCUT2D eigenvalue weighted by molar-refractivity contribution is 0.564. The monoisotopic (exact) mass is 247 g/mol. The van der Waals surface area contributed by atoms with Crippen LogP contribution in [0.25, 0.3) is 5.57 Å². The molecule has 0 saturated carbocycles. The Kier molecular flexibility index (Phi) is 2.52. The van der Waals surface area contributed by atoms with Gasteiger partial charge in [0.15, 0.2) is 0 Å². The quantitative estimate of drug-likeness (QED) is 0.812. The van der Waals surface area contributed by atoms with E-state index in [1.165, 1.54) is 28.7 Å². The van der Waals surface area contributed by atoms with E-state index in [4.69, 9.17) is 0 Å². The lowest BCUT2D eigenvalue weighted by Crippen LogP contribution is -2.29. The van der Waals surface area contributed by atoms with Crippen LogP contribution in [-0.2, 0) is 0 Å². The van der Waals surface area contributed by atoms with Crippen LogP contribution in [0.5, 0.6) is 0 Å². The number of hydrogen-bond acceptors (Lipinski definition) is 1. The second-order valence-electron chi connectivity index (χ2n) is 5.36. The van der Waals surface area contributed by atoms with Crippen molar-refractivity contribution in [1.29, 1.82) is 0 Å². The molecule has 1 heterocycles. The Morgan fingerprint density at radius 1 is 0.895 bits per heavy atom. The van der Waals surface area contributed by atoms with Crippen molar-refractivity contribution in [1.82, 2.24) is 5.32 Å². The Labute approximate surface area is 114 Å². The maximum absolute atomic E-state index is 3.53. The first-order chi connectivity index (χ1) is 9.45. The fourth-order valence-electron chi connectivity index (χ4n) is 3.51. The Bertz CT molecular complexity index is 640. The van der Waals surface area contributed by atoms with Gasteiger partial charge < -0.3 is 5.32 Å². The van der Waals surface area contributed by atoms with Gasteiger partial charge >= 0.3 is 0 Å². The second kappa shape index (κ2) is 4.36. The molecule has 0 amide bonds. The van der Waals surface area contributed by atoms with Crippen LogP contribution in [0.15, 0.2) is 60.2 Å². The van der Waals surface area contributed by atoms with Crippen LogP contribution in [-0.4, -0.2) is 13.1 Å². The number of benzene rings is 2. The Morgan fingerprint density at radius 2 is 1.68 bits per heavy atom. The SMILES string of the molecule is c1ccc(C2=C3CCNCC3c3ccccc32)cc1. The summed E-state index contributed by atoms with van der Waals surface area (Å²) in [5.74, 6) is 0.583. The van der Waals surface area contributed by atoms with Crippen LogP contribution in [0.4, 0.5) is 0 Å². The number of hydrogen-bond donors (Lipinski definition) is 1.